The van der Waals surface area contributed by atoms with Crippen molar-refractivity contribution in [3.05, 3.63) is 29.8 Å². The molecule has 0 spiro atoms. The molecule has 0 unspecified atom stereocenters. The average molecular weight is 367 g/mol. The second-order valence-electron chi connectivity index (χ2n) is 6.16. The van der Waals surface area contributed by atoms with Gasteiger partial charge in [-0.25, -0.2) is 8.42 Å². The number of hydrogen-bond donors (Lipinski definition) is 3. The van der Waals surface area contributed by atoms with Crippen molar-refractivity contribution < 1.29 is 18.3 Å². The zero-order valence-electron chi connectivity index (χ0n) is 14.5. The van der Waals surface area contributed by atoms with E-state index in [0.29, 0.717) is 18.4 Å². The van der Waals surface area contributed by atoms with Crippen molar-refractivity contribution in [2.24, 2.45) is 4.99 Å². The van der Waals surface area contributed by atoms with Crippen molar-refractivity contribution in [3.63, 3.8) is 0 Å². The average Bonchev–Trinajstić information content (AvgIpc) is 2.82. The maximum Gasteiger partial charge on any atom is 0.263 e. The lowest BCUT2D eigenvalue weighted by molar-refractivity contribution is -0.123. The largest absolute Gasteiger partial charge is 0.396 e. The second-order valence-corrected chi connectivity index (χ2v) is 7.81. The molecule has 25 heavy (non-hydrogen) atoms. The van der Waals surface area contributed by atoms with Crippen molar-refractivity contribution in [1.29, 1.82) is 0 Å². The number of fused-ring (bicyclic) bond motifs is 1. The van der Waals surface area contributed by atoms with Crippen LogP contribution in [-0.2, 0) is 14.8 Å². The molecule has 1 aromatic rings. The van der Waals surface area contributed by atoms with E-state index in [-0.39, 0.29) is 29.3 Å². The summed E-state index contributed by atoms with van der Waals surface area (Å²) in [6, 6.07) is 5.74. The van der Waals surface area contributed by atoms with Crippen molar-refractivity contribution in [3.8, 4) is 0 Å². The summed E-state index contributed by atoms with van der Waals surface area (Å²) in [5, 5.41) is 11.8. The van der Waals surface area contributed by atoms with Gasteiger partial charge in [-0.05, 0) is 31.9 Å². The van der Waals surface area contributed by atoms with E-state index in [9.17, 15) is 13.2 Å². The zero-order valence-corrected chi connectivity index (χ0v) is 15.3. The number of aliphatic hydroxyl groups is 1. The van der Waals surface area contributed by atoms with Crippen LogP contribution in [0.5, 0.6) is 0 Å². The molecular formula is C17H25N3O4S. The van der Waals surface area contributed by atoms with E-state index in [1.54, 1.807) is 18.2 Å². The summed E-state index contributed by atoms with van der Waals surface area (Å²) in [5.74, 6) is -0.0489. The molecule has 138 valence electrons. The molecule has 7 nitrogen and oxygen atoms in total. The summed E-state index contributed by atoms with van der Waals surface area (Å²) >= 11 is 0. The molecule has 0 aliphatic carbocycles. The van der Waals surface area contributed by atoms with Gasteiger partial charge in [-0.15, -0.1) is 0 Å². The summed E-state index contributed by atoms with van der Waals surface area (Å²) < 4.78 is 26.8. The first-order chi connectivity index (χ1) is 11.9. The van der Waals surface area contributed by atoms with E-state index < -0.39 is 16.1 Å². The molecule has 8 heteroatoms. The molecule has 0 bridgehead atoms. The van der Waals surface area contributed by atoms with Gasteiger partial charge in [0.05, 0.1) is 4.90 Å². The van der Waals surface area contributed by atoms with Crippen molar-refractivity contribution in [1.82, 2.24) is 10.0 Å². The Hall–Kier alpha value is -1.93. The van der Waals surface area contributed by atoms with E-state index >= 15 is 0 Å². The first-order valence-corrected chi connectivity index (χ1v) is 9.98. The van der Waals surface area contributed by atoms with Crippen LogP contribution in [0.1, 0.15) is 45.1 Å². The first kappa shape index (κ1) is 19.4. The van der Waals surface area contributed by atoms with Crippen LogP contribution in [0.2, 0.25) is 0 Å². The molecule has 0 aromatic heterocycles. The minimum atomic E-state index is -3.62. The van der Waals surface area contributed by atoms with Gasteiger partial charge in [0.2, 0.25) is 5.91 Å². The number of aliphatic hydroxyl groups excluding tert-OH is 1. The molecule has 0 saturated carbocycles. The Bertz CT molecular complexity index is 746. The standard InChI is InChI=1S/C17H25N3O4S/c1-3-4-8-14(17(22)18-12(2)10-11-21)19-16-13-7-5-6-9-15(13)25(23,24)20-16/h5-7,9,12,14,21H,3-4,8,10-11H2,1-2H3,(H,18,22)(H,19,20)/t12-,14-/m0/s1. The van der Waals surface area contributed by atoms with E-state index in [1.165, 1.54) is 6.07 Å². The fourth-order valence-corrected chi connectivity index (χ4v) is 3.88. The number of carbonyl (C=O) groups excluding carboxylic acids is 1. The van der Waals surface area contributed by atoms with Gasteiger partial charge in [0, 0.05) is 18.2 Å². The number of nitrogens with zero attached hydrogens (tertiary/aromatic N) is 1. The molecular weight excluding hydrogens is 342 g/mol. The van der Waals surface area contributed by atoms with Gasteiger partial charge < -0.3 is 10.4 Å². The van der Waals surface area contributed by atoms with Crippen molar-refractivity contribution in [2.45, 2.75) is 56.5 Å². The smallest absolute Gasteiger partial charge is 0.263 e. The maximum atomic E-state index is 12.5. The number of rotatable bonds is 8. The van der Waals surface area contributed by atoms with Gasteiger partial charge in [0.1, 0.15) is 11.9 Å². The highest BCUT2D eigenvalue weighted by Crippen LogP contribution is 2.23. The van der Waals surface area contributed by atoms with Crippen LogP contribution in [0.15, 0.2) is 34.2 Å². The van der Waals surface area contributed by atoms with Crippen LogP contribution < -0.4 is 10.0 Å². The maximum absolute atomic E-state index is 12.5. The SMILES string of the molecule is CCCC[C@H](N=C1NS(=O)(=O)c2ccccc21)C(=O)N[C@@H](C)CCO. The summed E-state index contributed by atoms with van der Waals surface area (Å²) in [6.45, 7) is 3.82. The van der Waals surface area contributed by atoms with Crippen LogP contribution in [0.3, 0.4) is 0 Å². The van der Waals surface area contributed by atoms with Gasteiger partial charge in [-0.1, -0.05) is 31.9 Å². The van der Waals surface area contributed by atoms with E-state index in [2.05, 4.69) is 15.0 Å². The number of sulfonamides is 1. The Kier molecular flexibility index (Phi) is 6.55. The molecule has 1 amide bonds. The minimum Gasteiger partial charge on any atom is -0.396 e. The first-order valence-electron chi connectivity index (χ1n) is 8.50. The van der Waals surface area contributed by atoms with E-state index in [4.69, 9.17) is 5.11 Å². The predicted molar refractivity (Wildman–Crippen MR) is 95.9 cm³/mol. The molecule has 1 aliphatic rings. The Morgan fingerprint density at radius 3 is 2.72 bits per heavy atom. The molecule has 0 radical (unpaired) electrons. The quantitative estimate of drug-likeness (QED) is 0.641. The van der Waals surface area contributed by atoms with Gasteiger partial charge in [0.25, 0.3) is 10.0 Å². The lowest BCUT2D eigenvalue weighted by Crippen LogP contribution is -2.40. The van der Waals surface area contributed by atoms with Gasteiger partial charge in [-0.3, -0.25) is 14.5 Å². The Balaban J connectivity index is 2.27. The highest BCUT2D eigenvalue weighted by atomic mass is 32.2. The number of unbranched alkanes of at least 4 members (excludes halogenated alkanes) is 1. The number of amidine groups is 1. The van der Waals surface area contributed by atoms with Gasteiger partial charge in [-0.2, -0.15) is 0 Å². The number of hydrogen-bond acceptors (Lipinski definition) is 5. The summed E-state index contributed by atoms with van der Waals surface area (Å²) in [6.07, 6.45) is 2.70. The third-order valence-corrected chi connectivity index (χ3v) is 5.43. The molecule has 1 heterocycles. The number of aliphatic imine (C=N–C) groups is 1. The lowest BCUT2D eigenvalue weighted by Gasteiger charge is -2.17. The molecule has 2 rings (SSSR count). The Morgan fingerprint density at radius 1 is 1.32 bits per heavy atom. The number of amides is 1. The summed E-state index contributed by atoms with van der Waals surface area (Å²) in [5.41, 5.74) is 0.486. The predicted octanol–water partition coefficient (Wildman–Crippen LogP) is 1.17. The Labute approximate surface area is 148 Å². The van der Waals surface area contributed by atoms with Crippen molar-refractivity contribution in [2.75, 3.05) is 6.61 Å². The van der Waals surface area contributed by atoms with Gasteiger partial charge in [0.15, 0.2) is 0 Å². The van der Waals surface area contributed by atoms with E-state index in [0.717, 1.165) is 12.8 Å². The highest BCUT2D eigenvalue weighted by molar-refractivity contribution is 7.90. The fraction of sp³-hybridized carbons (Fsp3) is 0.529. The summed E-state index contributed by atoms with van der Waals surface area (Å²) in [4.78, 5) is 17.1. The normalized spacial score (nSPS) is 19.1. The van der Waals surface area contributed by atoms with Crippen LogP contribution in [-0.4, -0.2) is 44.0 Å². The Morgan fingerprint density at radius 2 is 2.04 bits per heavy atom. The highest BCUT2D eigenvalue weighted by Gasteiger charge is 2.31. The fourth-order valence-electron chi connectivity index (χ4n) is 2.64. The van der Waals surface area contributed by atoms with Crippen LogP contribution >= 0.6 is 0 Å². The van der Waals surface area contributed by atoms with Crippen molar-refractivity contribution >= 4 is 21.8 Å². The second kappa shape index (κ2) is 8.44. The molecule has 2 atom stereocenters. The molecule has 0 fully saturated rings. The van der Waals surface area contributed by atoms with Gasteiger partial charge >= 0.3 is 0 Å². The number of carbonyl (C=O) groups is 1. The minimum absolute atomic E-state index is 0.0111. The zero-order chi connectivity index (χ0) is 18.4. The topological polar surface area (TPSA) is 108 Å². The van der Waals surface area contributed by atoms with Crippen LogP contribution in [0, 0.1) is 0 Å². The lowest BCUT2D eigenvalue weighted by atomic mass is 10.1. The molecule has 1 aliphatic heterocycles. The monoisotopic (exact) mass is 367 g/mol. The third kappa shape index (κ3) is 4.79. The number of nitrogens with one attached hydrogen (secondary N) is 2. The van der Waals surface area contributed by atoms with E-state index in [1.807, 2.05) is 13.8 Å². The van der Waals surface area contributed by atoms with Crippen LogP contribution in [0.25, 0.3) is 0 Å². The summed E-state index contributed by atoms with van der Waals surface area (Å²) in [7, 11) is -3.62. The molecule has 1 aromatic carbocycles. The molecule has 0 saturated heterocycles. The van der Waals surface area contributed by atoms with Crippen LogP contribution in [0.4, 0.5) is 0 Å². The number of benzene rings is 1. The third-order valence-electron chi connectivity index (χ3n) is 4.03. The molecule has 3 N–H and O–H groups in total.